The normalized spacial score (nSPS) is 15.3. The number of hydrogen-bond donors (Lipinski definition) is 2. The number of hydrogen-bond acceptors (Lipinski definition) is 4. The van der Waals surface area contributed by atoms with Crippen LogP contribution in [0, 0.1) is 0 Å². The van der Waals surface area contributed by atoms with Crippen LogP contribution in [0.5, 0.6) is 0 Å². The Bertz CT molecular complexity index is 188. The van der Waals surface area contributed by atoms with Crippen molar-refractivity contribution in [1.29, 1.82) is 0 Å². The van der Waals surface area contributed by atoms with Crippen LogP contribution < -0.4 is 5.73 Å². The Morgan fingerprint density at radius 3 is 2.60 bits per heavy atom. The molecule has 5 heteroatoms. The van der Waals surface area contributed by atoms with Gasteiger partial charge in [0.25, 0.3) is 0 Å². The van der Waals surface area contributed by atoms with Gasteiger partial charge in [0.15, 0.2) is 0 Å². The molecule has 2 atom stereocenters. The zero-order chi connectivity index (χ0) is 11.8. The quantitative estimate of drug-likeness (QED) is 0.606. The summed E-state index contributed by atoms with van der Waals surface area (Å²) in [6.45, 7) is 5.80. The number of carbonyl (C=O) groups is 1. The van der Waals surface area contributed by atoms with E-state index < -0.39 is 12.0 Å². The van der Waals surface area contributed by atoms with E-state index in [2.05, 4.69) is 13.8 Å². The number of nitrogens with two attached hydrogens (primary N) is 1. The van der Waals surface area contributed by atoms with E-state index in [0.29, 0.717) is 25.7 Å². The Labute approximate surface area is 91.2 Å². The fourth-order valence-electron chi connectivity index (χ4n) is 1.29. The van der Waals surface area contributed by atoms with Gasteiger partial charge in [-0.15, -0.1) is 0 Å². The van der Waals surface area contributed by atoms with Crippen LogP contribution in [-0.2, 0) is 9.53 Å². The number of rotatable bonds is 8. The number of aliphatic carboxylic acids is 1. The van der Waals surface area contributed by atoms with Gasteiger partial charge >= 0.3 is 5.97 Å². The lowest BCUT2D eigenvalue weighted by Gasteiger charge is -2.29. The van der Waals surface area contributed by atoms with Gasteiger partial charge < -0.3 is 15.6 Å². The highest BCUT2D eigenvalue weighted by molar-refractivity contribution is 5.73. The van der Waals surface area contributed by atoms with Crippen LogP contribution in [0.15, 0.2) is 0 Å². The summed E-state index contributed by atoms with van der Waals surface area (Å²) < 4.78 is 4.98. The van der Waals surface area contributed by atoms with Crippen LogP contribution in [0.2, 0.25) is 0 Å². The van der Waals surface area contributed by atoms with Gasteiger partial charge in [0.2, 0.25) is 0 Å². The number of carboxylic acid groups (broad SMARTS) is 1. The summed E-state index contributed by atoms with van der Waals surface area (Å²) in [6, 6.07) is -0.499. The monoisotopic (exact) mass is 218 g/mol. The van der Waals surface area contributed by atoms with Gasteiger partial charge in [-0.25, -0.2) is 0 Å². The molecule has 0 saturated heterocycles. The lowest BCUT2D eigenvalue weighted by Crippen LogP contribution is -2.47. The van der Waals surface area contributed by atoms with Gasteiger partial charge in [0.05, 0.1) is 6.61 Å². The fraction of sp³-hybridized carbons (Fsp3) is 0.900. The number of ether oxygens (including phenoxy) is 1. The molecule has 0 saturated carbocycles. The predicted octanol–water partition coefficient (Wildman–Crippen LogP) is 0.145. The number of methoxy groups -OCH3 is 1. The van der Waals surface area contributed by atoms with Gasteiger partial charge in [0, 0.05) is 26.2 Å². The molecule has 15 heavy (non-hydrogen) atoms. The Kier molecular flexibility index (Phi) is 7.29. The van der Waals surface area contributed by atoms with Crippen molar-refractivity contribution in [2.24, 2.45) is 5.73 Å². The molecule has 0 spiro atoms. The maximum Gasteiger partial charge on any atom is 0.321 e. The van der Waals surface area contributed by atoms with Crippen molar-refractivity contribution in [3.63, 3.8) is 0 Å². The van der Waals surface area contributed by atoms with E-state index in [1.54, 1.807) is 7.11 Å². The Hall–Kier alpha value is -0.650. The van der Waals surface area contributed by atoms with Gasteiger partial charge in [-0.1, -0.05) is 6.92 Å². The molecule has 0 fully saturated rings. The average molecular weight is 218 g/mol. The first kappa shape index (κ1) is 14.3. The van der Waals surface area contributed by atoms with Gasteiger partial charge in [-0.2, -0.15) is 0 Å². The summed E-state index contributed by atoms with van der Waals surface area (Å²) in [6.07, 6.45) is 0.968. The third kappa shape index (κ3) is 5.71. The Balaban J connectivity index is 4.16. The molecule has 0 aromatic heterocycles. The first-order valence-electron chi connectivity index (χ1n) is 5.24. The minimum absolute atomic E-state index is 0.325. The highest BCUT2D eigenvalue weighted by Gasteiger charge is 2.19. The topological polar surface area (TPSA) is 75.8 Å². The van der Waals surface area contributed by atoms with Crippen molar-refractivity contribution in [1.82, 2.24) is 4.90 Å². The Morgan fingerprint density at radius 2 is 2.20 bits per heavy atom. The van der Waals surface area contributed by atoms with Crippen LogP contribution in [0.25, 0.3) is 0 Å². The zero-order valence-electron chi connectivity index (χ0n) is 9.77. The lowest BCUT2D eigenvalue weighted by atomic mass is 10.2. The molecule has 0 aliphatic heterocycles. The van der Waals surface area contributed by atoms with E-state index in [0.717, 1.165) is 6.42 Å². The molecule has 90 valence electrons. The van der Waals surface area contributed by atoms with E-state index in [-0.39, 0.29) is 0 Å². The molecule has 0 aliphatic carbocycles. The highest BCUT2D eigenvalue weighted by atomic mass is 16.5. The highest BCUT2D eigenvalue weighted by Crippen LogP contribution is 2.03. The van der Waals surface area contributed by atoms with Gasteiger partial charge in [-0.3, -0.25) is 9.69 Å². The lowest BCUT2D eigenvalue weighted by molar-refractivity contribution is -0.139. The molecule has 0 rings (SSSR count). The summed E-state index contributed by atoms with van der Waals surface area (Å²) in [5.74, 6) is -0.958. The van der Waals surface area contributed by atoms with E-state index in [9.17, 15) is 4.79 Å². The second-order valence-corrected chi connectivity index (χ2v) is 3.69. The molecule has 0 amide bonds. The van der Waals surface area contributed by atoms with Crippen LogP contribution in [0.3, 0.4) is 0 Å². The average Bonchev–Trinajstić information content (AvgIpc) is 2.22. The SMILES string of the molecule is CCC(C)N(CCOC)CC(N)C(=O)O. The summed E-state index contributed by atoms with van der Waals surface area (Å²) in [7, 11) is 1.63. The minimum atomic E-state index is -0.958. The summed E-state index contributed by atoms with van der Waals surface area (Å²) in [5.41, 5.74) is 5.50. The molecular weight excluding hydrogens is 196 g/mol. The number of nitrogens with zero attached hydrogens (tertiary/aromatic N) is 1. The molecule has 0 bridgehead atoms. The van der Waals surface area contributed by atoms with Gasteiger partial charge in [-0.05, 0) is 13.3 Å². The van der Waals surface area contributed by atoms with Crippen LogP contribution in [0.4, 0.5) is 0 Å². The van der Waals surface area contributed by atoms with E-state index in [1.807, 2.05) is 4.90 Å². The van der Waals surface area contributed by atoms with Crippen molar-refractivity contribution in [2.45, 2.75) is 32.4 Å². The third-order valence-corrected chi connectivity index (χ3v) is 2.55. The first-order chi connectivity index (χ1) is 7.02. The van der Waals surface area contributed by atoms with Crippen molar-refractivity contribution >= 4 is 5.97 Å². The predicted molar refractivity (Wildman–Crippen MR) is 58.8 cm³/mol. The summed E-state index contributed by atoms with van der Waals surface area (Å²) >= 11 is 0. The fourth-order valence-corrected chi connectivity index (χ4v) is 1.29. The maximum absolute atomic E-state index is 10.6. The Morgan fingerprint density at radius 1 is 1.60 bits per heavy atom. The van der Waals surface area contributed by atoms with Crippen molar-refractivity contribution in [2.75, 3.05) is 26.8 Å². The van der Waals surface area contributed by atoms with Crippen molar-refractivity contribution in [3.8, 4) is 0 Å². The molecule has 0 aromatic carbocycles. The van der Waals surface area contributed by atoms with E-state index >= 15 is 0 Å². The molecule has 0 aliphatic rings. The minimum Gasteiger partial charge on any atom is -0.480 e. The molecule has 3 N–H and O–H groups in total. The molecule has 5 nitrogen and oxygen atoms in total. The number of carboxylic acids is 1. The largest absolute Gasteiger partial charge is 0.480 e. The summed E-state index contributed by atoms with van der Waals surface area (Å²) in [5, 5.41) is 8.73. The van der Waals surface area contributed by atoms with E-state index in [4.69, 9.17) is 15.6 Å². The van der Waals surface area contributed by atoms with Crippen LogP contribution >= 0.6 is 0 Å². The van der Waals surface area contributed by atoms with Crippen molar-refractivity contribution < 1.29 is 14.6 Å². The van der Waals surface area contributed by atoms with Crippen LogP contribution in [-0.4, -0.2) is 54.9 Å². The standard InChI is InChI=1S/C10H22N2O3/c1-4-8(2)12(5-6-15-3)7-9(11)10(13)14/h8-9H,4-7,11H2,1-3H3,(H,13,14). The van der Waals surface area contributed by atoms with Crippen LogP contribution in [0.1, 0.15) is 20.3 Å². The maximum atomic E-state index is 10.6. The molecular formula is C10H22N2O3. The second-order valence-electron chi connectivity index (χ2n) is 3.69. The van der Waals surface area contributed by atoms with E-state index in [1.165, 1.54) is 0 Å². The second kappa shape index (κ2) is 7.62. The van der Waals surface area contributed by atoms with Crippen molar-refractivity contribution in [3.05, 3.63) is 0 Å². The third-order valence-electron chi connectivity index (χ3n) is 2.55. The molecule has 0 heterocycles. The smallest absolute Gasteiger partial charge is 0.321 e. The first-order valence-corrected chi connectivity index (χ1v) is 5.24. The molecule has 2 unspecified atom stereocenters. The summed E-state index contributed by atoms with van der Waals surface area (Å²) in [4.78, 5) is 12.7. The molecule has 0 radical (unpaired) electrons. The zero-order valence-corrected chi connectivity index (χ0v) is 9.77. The molecule has 0 aromatic rings. The van der Waals surface area contributed by atoms with Gasteiger partial charge in [0.1, 0.15) is 6.04 Å².